The first-order valence-corrected chi connectivity index (χ1v) is 34.9. The number of fused-ring (bicyclic) bond motifs is 10. The van der Waals surface area contributed by atoms with Crippen LogP contribution in [-0.4, -0.2) is 22.2 Å². The van der Waals surface area contributed by atoms with Crippen LogP contribution in [-0.2, 0) is 10.8 Å². The first-order valence-electron chi connectivity index (χ1n) is 39.4. The summed E-state index contributed by atoms with van der Waals surface area (Å²) in [5.41, 5.74) is 7.88. The van der Waals surface area contributed by atoms with Crippen LogP contribution in [0.5, 0.6) is 11.5 Å². The van der Waals surface area contributed by atoms with Crippen LogP contribution in [0.4, 0.5) is 0 Å². The van der Waals surface area contributed by atoms with Crippen molar-refractivity contribution in [1.29, 1.82) is 0 Å². The summed E-state index contributed by atoms with van der Waals surface area (Å²) in [5.74, 6) is 1.82. The molecule has 0 bridgehead atoms. The average molecular weight is 1290 g/mol. The molecule has 5 nitrogen and oxygen atoms in total. The van der Waals surface area contributed by atoms with Crippen LogP contribution < -0.4 is 30.1 Å². The Labute approximate surface area is 592 Å². The number of aromatic nitrogens is 4. The maximum absolute atomic E-state index is 10.6. The van der Waals surface area contributed by atoms with Gasteiger partial charge in [-0.3, -0.25) is 13.7 Å². The van der Waals surface area contributed by atoms with Gasteiger partial charge in [0.25, 0.3) is 6.33 Å². The van der Waals surface area contributed by atoms with Gasteiger partial charge in [-0.2, -0.15) is 0 Å². The molecule has 0 amide bonds. The van der Waals surface area contributed by atoms with Gasteiger partial charge in [0.2, 0.25) is 0 Å². The summed E-state index contributed by atoms with van der Waals surface area (Å²) >= 11 is 0. The molecule has 16 aromatic rings. The monoisotopic (exact) mass is 1290 g/mol. The Morgan fingerprint density at radius 2 is 0.929 bits per heavy atom. The van der Waals surface area contributed by atoms with E-state index in [1.54, 1.807) is 0 Å². The Morgan fingerprint density at radius 3 is 1.53 bits per heavy atom. The summed E-state index contributed by atoms with van der Waals surface area (Å²) in [4.78, 5) is 5.11. The van der Waals surface area contributed by atoms with Crippen molar-refractivity contribution in [1.82, 2.24) is 14.1 Å². The van der Waals surface area contributed by atoms with Crippen LogP contribution >= 0.6 is 0 Å². The van der Waals surface area contributed by atoms with Crippen molar-refractivity contribution in [2.45, 2.75) is 52.4 Å². The zero-order valence-electron chi connectivity index (χ0n) is 67.9. The third-order valence-electron chi connectivity index (χ3n) is 19.1. The highest BCUT2D eigenvalue weighted by Crippen LogP contribution is 2.48. The van der Waals surface area contributed by atoms with Crippen LogP contribution in [0.2, 0.25) is 0 Å². The molecule has 0 saturated heterocycles. The molecule has 3 aromatic heterocycles. The van der Waals surface area contributed by atoms with Crippen molar-refractivity contribution < 1.29 is 27.1 Å². The first kappa shape index (κ1) is 47.2. The number of para-hydroxylation sites is 1. The average Bonchev–Trinajstić information content (AvgIpc) is 1.68. The van der Waals surface area contributed by atoms with Crippen molar-refractivity contribution in [3.63, 3.8) is 0 Å². The van der Waals surface area contributed by atoms with E-state index in [1.807, 2.05) is 121 Å². The molecule has 1 aliphatic rings. The number of rotatable bonds is 11. The first-order chi connectivity index (χ1) is 53.3. The Bertz CT molecular complexity index is 6320. The van der Waals surface area contributed by atoms with Gasteiger partial charge in [-0.05, 0) is 176 Å². The van der Waals surface area contributed by atoms with Gasteiger partial charge in [-0.15, -0.1) is 0 Å². The molecule has 17 rings (SSSR count). The minimum Gasteiger partial charge on any atom is -0.458 e. The molecule has 4 heterocycles. The van der Waals surface area contributed by atoms with Gasteiger partial charge in [0.15, 0.2) is 8.07 Å². The standard InChI is InChI=1S/C92H72N4OSi/c1-91(2,3)67-50-51-93-88(57-67)96-85-49-47-75(98(72-34-16-9-17-35-72,73-36-18-10-19-37-73)74-38-20-11-21-39-74)60-83(85)80-48-46-71(59-87(80)96)97-70-33-26-32-69(58-70)94-61-95-89-82(66-53-64(62-28-12-7-13-29-62)52-65(54-66)63-30-14-8-15-31-63)55-68(92(4,5)6)56-84(89)79-43-25-23-41-77(79)76-40-22-24-42-78(76)81-44-27-45-86(94)90(81)95/h7-60H,1-6H3/i7D,8D,12D,13D,14D,15D,28D,29D,30D,31D,52D,53D,54D. The lowest BCUT2D eigenvalue weighted by Crippen LogP contribution is -2.74. The minimum atomic E-state index is -2.99. The molecule has 0 atom stereocenters. The molecule has 6 heteroatoms. The SMILES string of the molecule is [2H]c1c([2H])c([2H])c(-c2c([2H])c(-c3cc(C(C)(C)C)cc4c3-[n+]3[c-]n(-c5cccc(Oc6ccc7c8cc([Si](c9ccccc9)(c9ccccc9)c9ccccc9)ccc8n(-c8cc(C(C)(C)C)ccn8)c7c6)c5)c5cccc(c53)-c3ccccc3-c3ccccc3-4)c([2H])c(-c3c([2H])c([2H])c([2H])c([2H])c3[2H])c2[2H])c([2H])c1[2H]. The number of pyridine rings is 1. The van der Waals surface area contributed by atoms with Crippen molar-refractivity contribution in [2.75, 3.05) is 0 Å². The molecule has 0 aliphatic carbocycles. The fourth-order valence-corrected chi connectivity index (χ4v) is 19.1. The van der Waals surface area contributed by atoms with Crippen LogP contribution in [0, 0.1) is 6.33 Å². The second-order valence-electron chi connectivity index (χ2n) is 27.1. The molecule has 0 spiro atoms. The van der Waals surface area contributed by atoms with Gasteiger partial charge in [-0.1, -0.05) is 290 Å². The topological polar surface area (TPSA) is 35.9 Å². The zero-order chi connectivity index (χ0) is 77.6. The molecule has 98 heavy (non-hydrogen) atoms. The van der Waals surface area contributed by atoms with Crippen LogP contribution in [0.3, 0.4) is 0 Å². The third kappa shape index (κ3) is 10.3. The lowest BCUT2D eigenvalue weighted by atomic mass is 9.80. The molecule has 13 aromatic carbocycles. The van der Waals surface area contributed by atoms with E-state index in [-0.39, 0.29) is 16.5 Å². The second kappa shape index (κ2) is 23.9. The molecule has 1 aliphatic heterocycles. The van der Waals surface area contributed by atoms with Crippen molar-refractivity contribution in [3.05, 3.63) is 345 Å². The predicted molar refractivity (Wildman–Crippen MR) is 409 cm³/mol. The highest BCUT2D eigenvalue weighted by Gasteiger charge is 2.42. The normalized spacial score (nSPS) is 14.0. The van der Waals surface area contributed by atoms with Gasteiger partial charge < -0.3 is 4.74 Å². The van der Waals surface area contributed by atoms with E-state index >= 15 is 0 Å². The van der Waals surface area contributed by atoms with Crippen LogP contribution in [0.1, 0.15) is 70.5 Å². The van der Waals surface area contributed by atoms with Gasteiger partial charge in [0.1, 0.15) is 17.3 Å². The highest BCUT2D eigenvalue weighted by molar-refractivity contribution is 7.20. The lowest BCUT2D eigenvalue weighted by Gasteiger charge is -2.34. The summed E-state index contributed by atoms with van der Waals surface area (Å²) in [6.45, 7) is 12.7. The molecule has 0 unspecified atom stereocenters. The Morgan fingerprint density at radius 1 is 0.398 bits per heavy atom. The molecule has 0 saturated carbocycles. The zero-order valence-corrected chi connectivity index (χ0v) is 55.9. The van der Waals surface area contributed by atoms with Gasteiger partial charge in [0, 0.05) is 23.0 Å². The van der Waals surface area contributed by atoms with E-state index < -0.39 is 114 Å². The Hall–Kier alpha value is -11.7. The largest absolute Gasteiger partial charge is 0.458 e. The highest BCUT2D eigenvalue weighted by atomic mass is 28.3. The van der Waals surface area contributed by atoms with E-state index in [4.69, 9.17) is 17.9 Å². The summed E-state index contributed by atoms with van der Waals surface area (Å²) in [7, 11) is -2.99. The Kier molecular flexibility index (Phi) is 11.5. The van der Waals surface area contributed by atoms with Crippen LogP contribution in [0.15, 0.2) is 327 Å². The van der Waals surface area contributed by atoms with Crippen molar-refractivity contribution in [3.8, 4) is 95.5 Å². The summed E-state index contributed by atoms with van der Waals surface area (Å²) < 4.78 is 135. The summed E-state index contributed by atoms with van der Waals surface area (Å²) in [6.07, 6.45) is 5.70. The number of imidazole rings is 1. The van der Waals surface area contributed by atoms with Crippen molar-refractivity contribution >= 4 is 61.7 Å². The fourth-order valence-electron chi connectivity index (χ4n) is 14.4. The molecule has 0 radical (unpaired) electrons. The quantitative estimate of drug-likeness (QED) is 0.0560. The number of benzene rings is 13. The molecular weight excluding hydrogens is 1210 g/mol. The molecular formula is C92H72N4OSi. The van der Waals surface area contributed by atoms with Gasteiger partial charge in [-0.25, -0.2) is 4.98 Å². The minimum absolute atomic E-state index is 0.189. The number of ether oxygens (including phenoxy) is 1. The van der Waals surface area contributed by atoms with E-state index in [0.29, 0.717) is 39.5 Å². The van der Waals surface area contributed by atoms with Crippen LogP contribution in [0.25, 0.3) is 117 Å². The maximum Gasteiger partial charge on any atom is 0.269 e. The van der Waals surface area contributed by atoms with E-state index in [9.17, 15) is 9.60 Å². The summed E-state index contributed by atoms with van der Waals surface area (Å²) in [6, 6.07) is 74.7. The van der Waals surface area contributed by atoms with E-state index in [0.717, 1.165) is 66.6 Å². The molecule has 0 N–H and O–H groups in total. The molecule has 0 fully saturated rings. The van der Waals surface area contributed by atoms with E-state index in [2.05, 4.69) is 189 Å². The summed E-state index contributed by atoms with van der Waals surface area (Å²) in [5, 5.41) is 7.08. The Balaban J connectivity index is 0.905. The second-order valence-corrected chi connectivity index (χ2v) is 30.9. The number of nitrogens with zero attached hydrogens (tertiary/aromatic N) is 4. The smallest absolute Gasteiger partial charge is 0.269 e. The molecule has 470 valence electrons. The lowest BCUT2D eigenvalue weighted by molar-refractivity contribution is -0.570. The predicted octanol–water partition coefficient (Wildman–Crippen LogP) is 20.3. The maximum atomic E-state index is 10.6. The van der Waals surface area contributed by atoms with Crippen molar-refractivity contribution in [2.24, 2.45) is 0 Å². The van der Waals surface area contributed by atoms with Gasteiger partial charge in [0.05, 0.1) is 51.3 Å². The number of hydrogen-bond acceptors (Lipinski definition) is 2. The fraction of sp³-hybridized carbons (Fsp3) is 0.0870. The van der Waals surface area contributed by atoms with E-state index in [1.165, 1.54) is 20.7 Å². The third-order valence-corrected chi connectivity index (χ3v) is 23.8. The van der Waals surface area contributed by atoms with Gasteiger partial charge >= 0.3 is 0 Å². The number of hydrogen-bond donors (Lipinski definition) is 0.